The molecule has 0 saturated heterocycles. The molecular formula is C5H11N2O4S. The second-order valence-electron chi connectivity index (χ2n) is 2.09. The Labute approximate surface area is 71.3 Å². The molecule has 0 saturated carbocycles. The smallest absolute Gasteiger partial charge is 0.421 e. The van der Waals surface area contributed by atoms with Crippen molar-refractivity contribution in [3.05, 3.63) is 0 Å². The minimum absolute atomic E-state index is 0.165. The summed E-state index contributed by atoms with van der Waals surface area (Å²) in [6, 6.07) is 0. The number of unbranched alkanes of at least 4 members (excludes halogenated alkanes) is 1. The van der Waals surface area contributed by atoms with Gasteiger partial charge in [-0.15, -0.1) is 5.14 Å². The summed E-state index contributed by atoms with van der Waals surface area (Å²) in [5.41, 5.74) is 0. The summed E-state index contributed by atoms with van der Waals surface area (Å²) in [6.45, 7) is 2.07. The summed E-state index contributed by atoms with van der Waals surface area (Å²) >= 11 is 0. The third kappa shape index (κ3) is 7.29. The molecule has 6 nitrogen and oxygen atoms in total. The number of carbonyl (C=O) groups excluding carboxylic acids is 1. The van der Waals surface area contributed by atoms with Crippen LogP contribution in [0.15, 0.2) is 0 Å². The zero-order valence-electron chi connectivity index (χ0n) is 6.66. The van der Waals surface area contributed by atoms with Gasteiger partial charge in [0.1, 0.15) is 0 Å². The van der Waals surface area contributed by atoms with Gasteiger partial charge in [-0.3, -0.25) is 0 Å². The molecule has 7 heteroatoms. The SMILES string of the molecule is CCCCOC(=O)NS([NH])(=O)=O. The lowest BCUT2D eigenvalue weighted by molar-refractivity contribution is 0.151. The van der Waals surface area contributed by atoms with Crippen LogP contribution in [0.2, 0.25) is 0 Å². The lowest BCUT2D eigenvalue weighted by Gasteiger charge is -2.02. The first-order valence-corrected chi connectivity index (χ1v) is 4.88. The molecule has 0 aliphatic carbocycles. The van der Waals surface area contributed by atoms with Crippen molar-refractivity contribution in [2.45, 2.75) is 19.8 Å². The van der Waals surface area contributed by atoms with Gasteiger partial charge in [-0.2, -0.15) is 8.42 Å². The highest BCUT2D eigenvalue weighted by Crippen LogP contribution is 1.88. The Morgan fingerprint density at radius 3 is 2.58 bits per heavy atom. The zero-order chi connectivity index (χ0) is 9.61. The molecule has 0 aromatic rings. The summed E-state index contributed by atoms with van der Waals surface area (Å²) in [7, 11) is -4.24. The van der Waals surface area contributed by atoms with Crippen LogP contribution in [-0.4, -0.2) is 21.1 Å². The van der Waals surface area contributed by atoms with E-state index in [4.69, 9.17) is 5.14 Å². The number of rotatable bonds is 4. The van der Waals surface area contributed by atoms with E-state index >= 15 is 0 Å². The monoisotopic (exact) mass is 195 g/mol. The number of hydrogen-bond acceptors (Lipinski definition) is 4. The molecule has 1 radical (unpaired) electrons. The predicted octanol–water partition coefficient (Wildman–Crippen LogP) is 0.0404. The third-order valence-electron chi connectivity index (χ3n) is 0.949. The first kappa shape index (κ1) is 11.2. The first-order chi connectivity index (χ1) is 5.45. The van der Waals surface area contributed by atoms with Gasteiger partial charge < -0.3 is 4.74 Å². The Morgan fingerprint density at radius 1 is 1.58 bits per heavy atom. The summed E-state index contributed by atoms with van der Waals surface area (Å²) in [5.74, 6) is 0. The molecule has 0 rings (SSSR count). The van der Waals surface area contributed by atoms with Crippen molar-refractivity contribution in [3.8, 4) is 0 Å². The largest absolute Gasteiger partial charge is 0.449 e. The van der Waals surface area contributed by atoms with Crippen LogP contribution in [0.25, 0.3) is 0 Å². The Balaban J connectivity index is 3.62. The second-order valence-corrected chi connectivity index (χ2v) is 3.31. The van der Waals surface area contributed by atoms with Gasteiger partial charge in [0.2, 0.25) is 0 Å². The predicted molar refractivity (Wildman–Crippen MR) is 41.4 cm³/mol. The van der Waals surface area contributed by atoms with Gasteiger partial charge in [0.25, 0.3) is 0 Å². The number of hydrogen-bond donors (Lipinski definition) is 1. The van der Waals surface area contributed by atoms with E-state index in [1.165, 1.54) is 4.72 Å². The number of nitrogens with one attached hydrogen (secondary N) is 2. The second kappa shape index (κ2) is 4.94. The Morgan fingerprint density at radius 2 is 2.17 bits per heavy atom. The number of carbonyl (C=O) groups is 1. The van der Waals surface area contributed by atoms with Gasteiger partial charge in [0.05, 0.1) is 6.61 Å². The molecule has 0 aliphatic heterocycles. The van der Waals surface area contributed by atoms with Gasteiger partial charge in [0.15, 0.2) is 0 Å². The minimum Gasteiger partial charge on any atom is -0.449 e. The summed E-state index contributed by atoms with van der Waals surface area (Å²) in [5, 5.41) is 6.30. The topological polar surface area (TPSA) is 96.3 Å². The van der Waals surface area contributed by atoms with Gasteiger partial charge in [-0.1, -0.05) is 13.3 Å². The van der Waals surface area contributed by atoms with E-state index in [9.17, 15) is 13.2 Å². The van der Waals surface area contributed by atoms with Crippen molar-refractivity contribution in [1.82, 2.24) is 9.86 Å². The molecule has 12 heavy (non-hydrogen) atoms. The molecule has 0 aromatic heterocycles. The van der Waals surface area contributed by atoms with Crippen LogP contribution in [-0.2, 0) is 14.9 Å². The van der Waals surface area contributed by atoms with Crippen LogP contribution < -0.4 is 9.86 Å². The fraction of sp³-hybridized carbons (Fsp3) is 0.800. The number of ether oxygens (including phenoxy) is 1. The van der Waals surface area contributed by atoms with E-state index in [2.05, 4.69) is 4.74 Å². The summed E-state index contributed by atoms with van der Waals surface area (Å²) < 4.78 is 26.0. The summed E-state index contributed by atoms with van der Waals surface area (Å²) in [4.78, 5) is 10.5. The maximum absolute atomic E-state index is 10.5. The Hall–Kier alpha value is -0.820. The van der Waals surface area contributed by atoms with E-state index < -0.39 is 16.3 Å². The molecule has 0 atom stereocenters. The maximum atomic E-state index is 10.5. The van der Waals surface area contributed by atoms with E-state index in [-0.39, 0.29) is 6.61 Å². The van der Waals surface area contributed by atoms with Crippen LogP contribution in [0.1, 0.15) is 19.8 Å². The van der Waals surface area contributed by atoms with Crippen molar-refractivity contribution < 1.29 is 17.9 Å². The average molecular weight is 195 g/mol. The highest BCUT2D eigenvalue weighted by atomic mass is 32.2. The van der Waals surface area contributed by atoms with Crippen molar-refractivity contribution in [2.24, 2.45) is 0 Å². The Bertz CT molecular complexity index is 236. The molecule has 0 aliphatic rings. The normalized spacial score (nSPS) is 10.8. The molecule has 0 fully saturated rings. The quantitative estimate of drug-likeness (QED) is 0.640. The van der Waals surface area contributed by atoms with Crippen LogP contribution in [0, 0.1) is 0 Å². The van der Waals surface area contributed by atoms with Gasteiger partial charge in [-0.05, 0) is 6.42 Å². The molecule has 0 spiro atoms. The van der Waals surface area contributed by atoms with Crippen LogP contribution in [0.5, 0.6) is 0 Å². The van der Waals surface area contributed by atoms with Gasteiger partial charge in [-0.25, -0.2) is 9.52 Å². The first-order valence-electron chi connectivity index (χ1n) is 3.40. The molecule has 1 amide bonds. The fourth-order valence-corrected chi connectivity index (χ4v) is 0.727. The lowest BCUT2D eigenvalue weighted by atomic mass is 10.4. The van der Waals surface area contributed by atoms with Gasteiger partial charge in [0, 0.05) is 0 Å². The van der Waals surface area contributed by atoms with E-state index in [1.54, 1.807) is 0 Å². The molecule has 0 aromatic carbocycles. The maximum Gasteiger partial charge on any atom is 0.421 e. The van der Waals surface area contributed by atoms with Crippen LogP contribution in [0.3, 0.4) is 0 Å². The van der Waals surface area contributed by atoms with Crippen LogP contribution in [0.4, 0.5) is 4.79 Å². The molecular weight excluding hydrogens is 184 g/mol. The Kier molecular flexibility index (Phi) is 4.60. The molecule has 2 N–H and O–H groups in total. The zero-order valence-corrected chi connectivity index (χ0v) is 7.48. The lowest BCUT2D eigenvalue weighted by Crippen LogP contribution is -2.31. The number of amides is 1. The van der Waals surface area contributed by atoms with Gasteiger partial charge >= 0.3 is 16.3 Å². The standard InChI is InChI=1S/C5H11N2O4S/c1-2-3-4-11-5(8)7-12(6,9)10/h6H,2-4H2,1H3,(H,7,8). The minimum atomic E-state index is -4.24. The third-order valence-corrected chi connectivity index (χ3v) is 1.38. The van der Waals surface area contributed by atoms with Crippen molar-refractivity contribution >= 4 is 16.3 Å². The molecule has 0 unspecified atom stereocenters. The average Bonchev–Trinajstić information content (AvgIpc) is 1.84. The molecule has 71 valence electrons. The van der Waals surface area contributed by atoms with E-state index in [0.717, 1.165) is 6.42 Å². The van der Waals surface area contributed by atoms with Crippen LogP contribution >= 0.6 is 0 Å². The van der Waals surface area contributed by atoms with E-state index in [0.29, 0.717) is 6.42 Å². The van der Waals surface area contributed by atoms with E-state index in [1.807, 2.05) is 6.92 Å². The summed E-state index contributed by atoms with van der Waals surface area (Å²) in [6.07, 6.45) is 0.422. The van der Waals surface area contributed by atoms with Crippen molar-refractivity contribution in [1.29, 1.82) is 0 Å². The highest BCUT2D eigenvalue weighted by molar-refractivity contribution is 7.87. The molecule has 0 heterocycles. The fourth-order valence-electron chi connectivity index (χ4n) is 0.448. The van der Waals surface area contributed by atoms with Crippen molar-refractivity contribution in [3.63, 3.8) is 0 Å². The molecule has 0 bridgehead atoms. The highest BCUT2D eigenvalue weighted by Gasteiger charge is 2.09. The van der Waals surface area contributed by atoms with Crippen molar-refractivity contribution in [2.75, 3.05) is 6.61 Å².